The highest BCUT2D eigenvalue weighted by Crippen LogP contribution is 2.21. The Morgan fingerprint density at radius 2 is 1.94 bits per heavy atom. The monoisotopic (exact) mass is 223 g/mol. The molecular formula is C11H17N3O2. The Balaban J connectivity index is 2.11. The summed E-state index contributed by atoms with van der Waals surface area (Å²) in [6.07, 6.45) is 4.95. The lowest BCUT2D eigenvalue weighted by Crippen LogP contribution is -2.23. The number of nitrogens with zero attached hydrogens (tertiary/aromatic N) is 2. The van der Waals surface area contributed by atoms with Crippen molar-refractivity contribution in [2.24, 2.45) is 10.9 Å². The normalized spacial score (nSPS) is 18.5. The Labute approximate surface area is 94.5 Å². The van der Waals surface area contributed by atoms with Crippen LogP contribution in [0, 0.1) is 0 Å². The number of hydrogen-bond acceptors (Lipinski definition) is 4. The van der Waals surface area contributed by atoms with Crippen molar-refractivity contribution >= 4 is 11.7 Å². The lowest BCUT2D eigenvalue weighted by atomic mass is 10.2. The molecule has 3 N–H and O–H groups in total. The summed E-state index contributed by atoms with van der Waals surface area (Å²) in [5.74, 6) is 1.24. The minimum atomic E-state index is 0.0149. The van der Waals surface area contributed by atoms with Crippen molar-refractivity contribution in [3.8, 4) is 0 Å². The first-order valence-corrected chi connectivity index (χ1v) is 5.64. The third kappa shape index (κ3) is 2.29. The number of anilines is 1. The highest BCUT2D eigenvalue weighted by molar-refractivity contribution is 5.94. The largest absolute Gasteiger partial charge is 0.437 e. The van der Waals surface area contributed by atoms with Crippen LogP contribution in [-0.4, -0.2) is 24.1 Å². The summed E-state index contributed by atoms with van der Waals surface area (Å²) in [7, 11) is 0. The van der Waals surface area contributed by atoms with Gasteiger partial charge in [0.2, 0.25) is 5.84 Å². The Kier molecular flexibility index (Phi) is 3.34. The summed E-state index contributed by atoms with van der Waals surface area (Å²) in [5, 5.41) is 11.5. The van der Waals surface area contributed by atoms with Gasteiger partial charge in [0.05, 0.1) is 0 Å². The second kappa shape index (κ2) is 4.92. The van der Waals surface area contributed by atoms with Crippen LogP contribution in [0.5, 0.6) is 0 Å². The van der Waals surface area contributed by atoms with Gasteiger partial charge in [-0.15, -0.1) is 0 Å². The molecule has 0 aliphatic carbocycles. The summed E-state index contributed by atoms with van der Waals surface area (Å²) < 4.78 is 5.54. The molecule has 0 radical (unpaired) electrons. The molecule has 0 saturated carbocycles. The van der Waals surface area contributed by atoms with Crippen LogP contribution in [0.25, 0.3) is 0 Å². The van der Waals surface area contributed by atoms with E-state index < -0.39 is 0 Å². The van der Waals surface area contributed by atoms with Crippen molar-refractivity contribution < 1.29 is 9.62 Å². The lowest BCUT2D eigenvalue weighted by Gasteiger charge is -2.18. The molecule has 0 aromatic carbocycles. The van der Waals surface area contributed by atoms with Gasteiger partial charge in [-0.1, -0.05) is 18.0 Å². The Hall–Kier alpha value is -1.65. The van der Waals surface area contributed by atoms with E-state index in [1.807, 2.05) is 6.07 Å². The minimum Gasteiger partial charge on any atom is -0.437 e. The van der Waals surface area contributed by atoms with Crippen LogP contribution < -0.4 is 10.6 Å². The molecule has 2 heterocycles. The van der Waals surface area contributed by atoms with Crippen LogP contribution in [0.15, 0.2) is 21.7 Å². The molecule has 5 heteroatoms. The van der Waals surface area contributed by atoms with E-state index >= 15 is 0 Å². The highest BCUT2D eigenvalue weighted by atomic mass is 16.4. The molecule has 88 valence electrons. The third-order valence-corrected chi connectivity index (χ3v) is 2.87. The number of oxime groups is 1. The van der Waals surface area contributed by atoms with Crippen molar-refractivity contribution in [1.29, 1.82) is 0 Å². The Morgan fingerprint density at radius 1 is 1.25 bits per heavy atom. The molecule has 0 unspecified atom stereocenters. The molecule has 0 bridgehead atoms. The van der Waals surface area contributed by atoms with Crippen molar-refractivity contribution in [3.63, 3.8) is 0 Å². The molecule has 0 amide bonds. The standard InChI is InChI=1S/C11H17N3O2/c12-11(13-15)9-5-6-10(16-9)14-7-3-1-2-4-8-14/h5-6,15H,1-4,7-8H2,(H2,12,13). The molecule has 2 rings (SSSR count). The van der Waals surface area contributed by atoms with Gasteiger partial charge in [0.1, 0.15) is 0 Å². The van der Waals surface area contributed by atoms with Crippen LogP contribution >= 0.6 is 0 Å². The molecule has 1 fully saturated rings. The first-order chi connectivity index (χ1) is 7.81. The van der Waals surface area contributed by atoms with Crippen LogP contribution in [0.4, 0.5) is 5.88 Å². The van der Waals surface area contributed by atoms with Gasteiger partial charge in [0.25, 0.3) is 0 Å². The number of nitrogens with two attached hydrogens (primary N) is 1. The maximum absolute atomic E-state index is 8.54. The van der Waals surface area contributed by atoms with Gasteiger partial charge in [0.15, 0.2) is 11.6 Å². The van der Waals surface area contributed by atoms with E-state index in [1.54, 1.807) is 6.07 Å². The van der Waals surface area contributed by atoms with Crippen molar-refractivity contribution in [1.82, 2.24) is 0 Å². The maximum Gasteiger partial charge on any atom is 0.206 e. The molecule has 5 nitrogen and oxygen atoms in total. The SMILES string of the molecule is N/C(=N\O)c1ccc(N2CCCCCC2)o1. The van der Waals surface area contributed by atoms with Gasteiger partial charge in [0, 0.05) is 19.2 Å². The average molecular weight is 223 g/mol. The van der Waals surface area contributed by atoms with Crippen molar-refractivity contribution in [3.05, 3.63) is 17.9 Å². The number of amidine groups is 1. The Bertz CT molecular complexity index is 365. The fraction of sp³-hybridized carbons (Fsp3) is 0.545. The fourth-order valence-corrected chi connectivity index (χ4v) is 1.98. The maximum atomic E-state index is 8.54. The van der Waals surface area contributed by atoms with E-state index in [0.29, 0.717) is 5.76 Å². The lowest BCUT2D eigenvalue weighted by molar-refractivity contribution is 0.317. The highest BCUT2D eigenvalue weighted by Gasteiger charge is 2.14. The van der Waals surface area contributed by atoms with E-state index in [2.05, 4.69) is 10.1 Å². The molecule has 0 spiro atoms. The van der Waals surface area contributed by atoms with E-state index in [0.717, 1.165) is 19.0 Å². The van der Waals surface area contributed by atoms with Crippen molar-refractivity contribution in [2.45, 2.75) is 25.7 Å². The average Bonchev–Trinajstić information content (AvgIpc) is 2.64. The zero-order valence-corrected chi connectivity index (χ0v) is 9.22. The van der Waals surface area contributed by atoms with E-state index in [-0.39, 0.29) is 5.84 Å². The van der Waals surface area contributed by atoms with Crippen molar-refractivity contribution in [2.75, 3.05) is 18.0 Å². The summed E-state index contributed by atoms with van der Waals surface area (Å²) in [5.41, 5.74) is 5.46. The number of rotatable bonds is 2. The van der Waals surface area contributed by atoms with E-state index in [9.17, 15) is 0 Å². The van der Waals surface area contributed by atoms with Gasteiger partial charge < -0.3 is 20.3 Å². The van der Waals surface area contributed by atoms with Gasteiger partial charge in [-0.3, -0.25) is 0 Å². The van der Waals surface area contributed by atoms with Gasteiger partial charge in [-0.25, -0.2) is 0 Å². The van der Waals surface area contributed by atoms with E-state index in [4.69, 9.17) is 15.4 Å². The van der Waals surface area contributed by atoms with Crippen LogP contribution in [0.3, 0.4) is 0 Å². The van der Waals surface area contributed by atoms with Gasteiger partial charge >= 0.3 is 0 Å². The molecule has 0 atom stereocenters. The molecule has 1 aromatic heterocycles. The predicted octanol–water partition coefficient (Wildman–Crippen LogP) is 1.75. The molecule has 1 aliphatic rings. The third-order valence-electron chi connectivity index (χ3n) is 2.87. The molecule has 1 aliphatic heterocycles. The summed E-state index contributed by atoms with van der Waals surface area (Å²) >= 11 is 0. The second-order valence-corrected chi connectivity index (χ2v) is 4.02. The quantitative estimate of drug-likeness (QED) is 0.346. The predicted molar refractivity (Wildman–Crippen MR) is 61.9 cm³/mol. The topological polar surface area (TPSA) is 75.0 Å². The summed E-state index contributed by atoms with van der Waals surface area (Å²) in [6, 6.07) is 3.61. The number of furan rings is 1. The first kappa shape index (κ1) is 10.9. The zero-order chi connectivity index (χ0) is 11.4. The van der Waals surface area contributed by atoms with Crippen LogP contribution in [0.2, 0.25) is 0 Å². The fourth-order valence-electron chi connectivity index (χ4n) is 1.98. The molecular weight excluding hydrogens is 206 g/mol. The van der Waals surface area contributed by atoms with Gasteiger partial charge in [-0.05, 0) is 18.9 Å². The molecule has 16 heavy (non-hydrogen) atoms. The first-order valence-electron chi connectivity index (χ1n) is 5.64. The molecule has 1 saturated heterocycles. The van der Waals surface area contributed by atoms with E-state index in [1.165, 1.54) is 25.7 Å². The summed E-state index contributed by atoms with van der Waals surface area (Å²) in [4.78, 5) is 2.21. The van der Waals surface area contributed by atoms with Gasteiger partial charge in [-0.2, -0.15) is 0 Å². The van der Waals surface area contributed by atoms with Crippen LogP contribution in [-0.2, 0) is 0 Å². The minimum absolute atomic E-state index is 0.0149. The van der Waals surface area contributed by atoms with Crippen LogP contribution in [0.1, 0.15) is 31.4 Å². The zero-order valence-electron chi connectivity index (χ0n) is 9.22. The molecule has 1 aromatic rings. The Morgan fingerprint density at radius 3 is 2.56 bits per heavy atom. The smallest absolute Gasteiger partial charge is 0.206 e. The second-order valence-electron chi connectivity index (χ2n) is 4.02. The number of hydrogen-bond donors (Lipinski definition) is 2. The summed E-state index contributed by atoms with van der Waals surface area (Å²) in [6.45, 7) is 2.03.